The van der Waals surface area contributed by atoms with Gasteiger partial charge in [-0.25, -0.2) is 0 Å². The first-order valence-corrected chi connectivity index (χ1v) is 19.4. The molecule has 0 heterocycles. The number of carbonyl (C=O) groups is 2. The van der Waals surface area contributed by atoms with Crippen molar-refractivity contribution >= 4 is 29.9 Å². The summed E-state index contributed by atoms with van der Waals surface area (Å²) in [5, 5.41) is 0. The van der Waals surface area contributed by atoms with Crippen molar-refractivity contribution in [3.63, 3.8) is 0 Å². The first-order chi connectivity index (χ1) is 10.4. The summed E-state index contributed by atoms with van der Waals surface area (Å²) in [7, 11) is 0. The Hall–Kier alpha value is 0.139. The van der Waals surface area contributed by atoms with E-state index in [0.717, 1.165) is 25.7 Å². The van der Waals surface area contributed by atoms with E-state index < -0.39 is 18.4 Å². The molecule has 0 bridgehead atoms. The zero-order valence-electron chi connectivity index (χ0n) is 17.9. The van der Waals surface area contributed by atoms with Gasteiger partial charge in [0.15, 0.2) is 0 Å². The van der Waals surface area contributed by atoms with Crippen LogP contribution in [0.5, 0.6) is 0 Å². The van der Waals surface area contributed by atoms with E-state index in [0.29, 0.717) is 15.0 Å². The summed E-state index contributed by atoms with van der Waals surface area (Å²) in [6, 6.07) is 0. The van der Waals surface area contributed by atoms with Gasteiger partial charge in [0, 0.05) is 11.8 Å². The Labute approximate surface area is 154 Å². The topological polar surface area (TPSA) is 34.1 Å². The molecular weight excluding hydrogens is 403 g/mol. The molecule has 24 heavy (non-hydrogen) atoms. The second-order valence-electron chi connectivity index (χ2n) is 11.9. The molecule has 2 saturated carbocycles. The Morgan fingerprint density at radius 1 is 0.708 bits per heavy atom. The number of hydrogen-bond acceptors (Lipinski definition) is 2. The zero-order valence-corrected chi connectivity index (χ0v) is 20.7. The molecule has 0 aromatic carbocycles. The van der Waals surface area contributed by atoms with Crippen molar-refractivity contribution in [1.29, 1.82) is 0 Å². The second-order valence-corrected chi connectivity index (χ2v) is 28.2. The first-order valence-electron chi connectivity index (χ1n) is 9.44. The predicted octanol–water partition coefficient (Wildman–Crippen LogP) is 6.27. The summed E-state index contributed by atoms with van der Waals surface area (Å²) < 4.78 is 0.382. The minimum atomic E-state index is -1.98. The molecule has 0 amide bonds. The zero-order chi connectivity index (χ0) is 19.2. The van der Waals surface area contributed by atoms with E-state index in [1.165, 1.54) is 6.42 Å². The van der Waals surface area contributed by atoms with Gasteiger partial charge in [0.1, 0.15) is 5.78 Å². The summed E-state index contributed by atoms with van der Waals surface area (Å²) in [5.41, 5.74) is 0.443. The van der Waals surface area contributed by atoms with Crippen LogP contribution in [0.4, 0.5) is 0 Å². The van der Waals surface area contributed by atoms with Crippen molar-refractivity contribution in [2.24, 2.45) is 16.2 Å². The Kier molecular flexibility index (Phi) is 6.19. The van der Waals surface area contributed by atoms with Crippen LogP contribution in [0.15, 0.2) is 0 Å². The van der Waals surface area contributed by atoms with Crippen LogP contribution in [0.25, 0.3) is 0 Å². The van der Waals surface area contributed by atoms with Crippen molar-refractivity contribution in [1.82, 2.24) is 0 Å². The SMILES string of the molecule is CC1(C)CC(=O)C(C)(C)C1.CC1(C)CC(=O)C[C](C)([Sn]([CH3])([CH3])[CH3])C1. The van der Waals surface area contributed by atoms with Crippen molar-refractivity contribution in [2.45, 2.75) is 98.8 Å². The monoisotopic (exact) mass is 444 g/mol. The van der Waals surface area contributed by atoms with Gasteiger partial charge in [-0.15, -0.1) is 0 Å². The van der Waals surface area contributed by atoms with E-state index >= 15 is 0 Å². The molecule has 2 aliphatic carbocycles. The van der Waals surface area contributed by atoms with Crippen molar-refractivity contribution < 1.29 is 9.59 Å². The number of carbonyl (C=O) groups excluding carboxylic acids is 2. The van der Waals surface area contributed by atoms with Crippen molar-refractivity contribution in [3.8, 4) is 0 Å². The molecule has 0 aliphatic heterocycles. The van der Waals surface area contributed by atoms with Crippen LogP contribution < -0.4 is 0 Å². The molecule has 1 unspecified atom stereocenters. The molecule has 140 valence electrons. The van der Waals surface area contributed by atoms with Gasteiger partial charge in [0.25, 0.3) is 0 Å². The quantitative estimate of drug-likeness (QED) is 0.448. The van der Waals surface area contributed by atoms with Crippen molar-refractivity contribution in [2.75, 3.05) is 0 Å². The summed E-state index contributed by atoms with van der Waals surface area (Å²) in [6.07, 6.45) is 4.71. The second kappa shape index (κ2) is 6.70. The van der Waals surface area contributed by atoms with E-state index in [2.05, 4.69) is 49.4 Å². The standard InChI is InChI=1S/C9H16O.C9H15O.3CH3.Sn/c1-8(2)5-7(10)9(3,4)6-8;1-7-4-8(10)6-9(2,3)5-7;;;;/h5-6H2,1-4H3;4-6H2,1-3H3;3*1H3;. The third-order valence-corrected chi connectivity index (χ3v) is 17.6. The van der Waals surface area contributed by atoms with E-state index in [4.69, 9.17) is 0 Å². The van der Waals surface area contributed by atoms with E-state index in [1.54, 1.807) is 0 Å². The van der Waals surface area contributed by atoms with Crippen LogP contribution in [0.2, 0.25) is 18.2 Å². The van der Waals surface area contributed by atoms with Crippen LogP contribution in [-0.2, 0) is 9.59 Å². The molecule has 2 rings (SSSR count). The van der Waals surface area contributed by atoms with E-state index in [1.807, 2.05) is 13.8 Å². The van der Waals surface area contributed by atoms with E-state index in [-0.39, 0.29) is 16.2 Å². The molecule has 2 nitrogen and oxygen atoms in total. The average Bonchev–Trinajstić information content (AvgIpc) is 2.40. The van der Waals surface area contributed by atoms with E-state index in [9.17, 15) is 9.59 Å². The van der Waals surface area contributed by atoms with Gasteiger partial charge in [-0.2, -0.15) is 0 Å². The number of hydrogen-bond donors (Lipinski definition) is 0. The maximum atomic E-state index is 11.8. The van der Waals surface area contributed by atoms with Gasteiger partial charge in [-0.05, 0) is 11.8 Å². The van der Waals surface area contributed by atoms with Gasteiger partial charge in [0.2, 0.25) is 0 Å². The minimum absolute atomic E-state index is 0.0521. The number of rotatable bonds is 1. The van der Waals surface area contributed by atoms with Crippen LogP contribution in [0, 0.1) is 16.2 Å². The summed E-state index contributed by atoms with van der Waals surface area (Å²) in [5.74, 6) is 0.924. The molecule has 0 N–H and O–H groups in total. The molecule has 0 spiro atoms. The number of Topliss-reactive ketones (excluding diaryl/α,β-unsaturated/α-hetero) is 2. The summed E-state index contributed by atoms with van der Waals surface area (Å²) in [6.45, 7) is 15.3. The summed E-state index contributed by atoms with van der Waals surface area (Å²) in [4.78, 5) is 30.5. The van der Waals surface area contributed by atoms with Gasteiger partial charge in [-0.3, -0.25) is 4.79 Å². The fourth-order valence-electron chi connectivity index (χ4n) is 4.77. The molecule has 2 aliphatic rings. The van der Waals surface area contributed by atoms with Crippen molar-refractivity contribution in [3.05, 3.63) is 0 Å². The molecule has 3 heteroatoms. The predicted molar refractivity (Wildman–Crippen MR) is 106 cm³/mol. The van der Waals surface area contributed by atoms with Gasteiger partial charge >= 0.3 is 92.7 Å². The fraction of sp³-hybridized carbons (Fsp3) is 0.905. The van der Waals surface area contributed by atoms with Gasteiger partial charge < -0.3 is 0 Å². The average molecular weight is 443 g/mol. The normalized spacial score (nSPS) is 31.4. The van der Waals surface area contributed by atoms with Crippen LogP contribution >= 0.6 is 0 Å². The van der Waals surface area contributed by atoms with Gasteiger partial charge in [-0.1, -0.05) is 27.7 Å². The number of ketones is 2. The van der Waals surface area contributed by atoms with Gasteiger partial charge in [0.05, 0.1) is 0 Å². The Morgan fingerprint density at radius 3 is 1.42 bits per heavy atom. The first kappa shape index (κ1) is 22.2. The Balaban J connectivity index is 0.000000254. The fourth-order valence-corrected chi connectivity index (χ4v) is 9.73. The Bertz CT molecular complexity index is 508. The third-order valence-electron chi connectivity index (χ3n) is 6.26. The van der Waals surface area contributed by atoms with Crippen LogP contribution in [0.3, 0.4) is 0 Å². The molecule has 2 fully saturated rings. The van der Waals surface area contributed by atoms with Crippen LogP contribution in [-0.4, -0.2) is 29.9 Å². The summed E-state index contributed by atoms with van der Waals surface area (Å²) >= 11 is -1.98. The molecular formula is C21H40O2Sn. The molecule has 1 atom stereocenters. The molecule has 0 aromatic heterocycles. The third kappa shape index (κ3) is 5.57. The van der Waals surface area contributed by atoms with Crippen LogP contribution in [0.1, 0.15) is 80.6 Å². The molecule has 0 radical (unpaired) electrons. The maximum absolute atomic E-state index is 11.8. The Morgan fingerprint density at radius 2 is 1.17 bits per heavy atom. The molecule has 0 saturated heterocycles. The molecule has 0 aromatic rings.